The molecule has 3 N–H and O–H groups in total. The normalized spacial score (nSPS) is 12.9. The van der Waals surface area contributed by atoms with Crippen molar-refractivity contribution in [3.05, 3.63) is 17.0 Å². The van der Waals surface area contributed by atoms with Gasteiger partial charge in [-0.15, -0.1) is 0 Å². The highest BCUT2D eigenvalue weighted by molar-refractivity contribution is 5.96. The minimum Gasteiger partial charge on any atom is -0.394 e. The van der Waals surface area contributed by atoms with Crippen LogP contribution in [0.2, 0.25) is 0 Å². The molecule has 0 aliphatic heterocycles. The third-order valence-corrected chi connectivity index (χ3v) is 2.67. The summed E-state index contributed by atoms with van der Waals surface area (Å²) in [6.07, 6.45) is 0. The number of aryl methyl sites for hydroxylation is 2. The molecule has 0 spiro atoms. The van der Waals surface area contributed by atoms with Crippen LogP contribution in [0.4, 0.5) is 0 Å². The maximum absolute atomic E-state index is 11.9. The Morgan fingerprint density at radius 2 is 2.12 bits per heavy atom. The monoisotopic (exact) mass is 225 g/mol. The Labute approximate surface area is 95.3 Å². The molecular formula is C11H19N3O2. The Kier molecular flexibility index (Phi) is 4.06. The second-order valence-electron chi connectivity index (χ2n) is 4.32. The molecular weight excluding hydrogens is 206 g/mol. The summed E-state index contributed by atoms with van der Waals surface area (Å²) in [4.78, 5) is 11.9. The minimum atomic E-state index is -0.221. The molecule has 5 heteroatoms. The predicted molar refractivity (Wildman–Crippen MR) is 61.2 cm³/mol. The standard InChI is InChI=1S/C11H19N3O2/c1-6(2)9(5-15)12-11(16)10-7(3)13-14-8(10)4/h6,9,15H,5H2,1-4H3,(H,12,16)(H,13,14). The van der Waals surface area contributed by atoms with Gasteiger partial charge in [-0.25, -0.2) is 0 Å². The molecule has 1 aromatic rings. The molecule has 0 aromatic carbocycles. The van der Waals surface area contributed by atoms with E-state index in [1.54, 1.807) is 13.8 Å². The zero-order valence-corrected chi connectivity index (χ0v) is 10.2. The van der Waals surface area contributed by atoms with Gasteiger partial charge in [0.25, 0.3) is 5.91 Å². The van der Waals surface area contributed by atoms with E-state index in [2.05, 4.69) is 15.5 Å². The SMILES string of the molecule is Cc1n[nH]c(C)c1C(=O)NC(CO)C(C)C. The molecule has 0 saturated carbocycles. The fourth-order valence-electron chi connectivity index (χ4n) is 1.55. The number of H-pyrrole nitrogens is 1. The third-order valence-electron chi connectivity index (χ3n) is 2.67. The van der Waals surface area contributed by atoms with E-state index in [1.165, 1.54) is 0 Å². The van der Waals surface area contributed by atoms with Gasteiger partial charge in [-0.1, -0.05) is 13.8 Å². The highest BCUT2D eigenvalue weighted by atomic mass is 16.3. The van der Waals surface area contributed by atoms with E-state index in [-0.39, 0.29) is 24.5 Å². The lowest BCUT2D eigenvalue weighted by Gasteiger charge is -2.19. The van der Waals surface area contributed by atoms with Gasteiger partial charge in [0, 0.05) is 5.69 Å². The van der Waals surface area contributed by atoms with E-state index in [4.69, 9.17) is 5.11 Å². The van der Waals surface area contributed by atoms with Crippen LogP contribution in [0.25, 0.3) is 0 Å². The Morgan fingerprint density at radius 1 is 1.50 bits per heavy atom. The van der Waals surface area contributed by atoms with Gasteiger partial charge in [0.05, 0.1) is 23.9 Å². The van der Waals surface area contributed by atoms with E-state index >= 15 is 0 Å². The molecule has 1 amide bonds. The van der Waals surface area contributed by atoms with Crippen LogP contribution in [0.15, 0.2) is 0 Å². The quantitative estimate of drug-likeness (QED) is 0.708. The van der Waals surface area contributed by atoms with Crippen molar-refractivity contribution in [2.24, 2.45) is 5.92 Å². The maximum Gasteiger partial charge on any atom is 0.255 e. The molecule has 1 unspecified atom stereocenters. The number of carbonyl (C=O) groups excluding carboxylic acids is 1. The van der Waals surface area contributed by atoms with Gasteiger partial charge in [0.2, 0.25) is 0 Å². The fraction of sp³-hybridized carbons (Fsp3) is 0.636. The highest BCUT2D eigenvalue weighted by Crippen LogP contribution is 2.10. The van der Waals surface area contributed by atoms with E-state index in [0.717, 1.165) is 5.69 Å². The van der Waals surface area contributed by atoms with Crippen LogP contribution in [0.5, 0.6) is 0 Å². The number of nitrogens with zero attached hydrogens (tertiary/aromatic N) is 1. The summed E-state index contributed by atoms with van der Waals surface area (Å²) < 4.78 is 0. The number of rotatable bonds is 4. The summed E-state index contributed by atoms with van der Waals surface area (Å²) in [7, 11) is 0. The van der Waals surface area contributed by atoms with Crippen molar-refractivity contribution in [1.29, 1.82) is 0 Å². The summed E-state index contributed by atoms with van der Waals surface area (Å²) in [6, 6.07) is -0.221. The van der Waals surface area contributed by atoms with Gasteiger partial charge in [-0.3, -0.25) is 9.89 Å². The second-order valence-corrected chi connectivity index (χ2v) is 4.32. The zero-order valence-electron chi connectivity index (χ0n) is 10.2. The second kappa shape index (κ2) is 5.12. The molecule has 0 saturated heterocycles. The van der Waals surface area contributed by atoms with Crippen LogP contribution >= 0.6 is 0 Å². The minimum absolute atomic E-state index is 0.0562. The van der Waals surface area contributed by atoms with Gasteiger partial charge in [-0.05, 0) is 19.8 Å². The van der Waals surface area contributed by atoms with Gasteiger partial charge < -0.3 is 10.4 Å². The van der Waals surface area contributed by atoms with Crippen LogP contribution in [0.1, 0.15) is 35.6 Å². The van der Waals surface area contributed by atoms with Crippen molar-refractivity contribution in [2.75, 3.05) is 6.61 Å². The van der Waals surface area contributed by atoms with Crippen molar-refractivity contribution in [2.45, 2.75) is 33.7 Å². The molecule has 1 atom stereocenters. The van der Waals surface area contributed by atoms with Crippen LogP contribution < -0.4 is 5.32 Å². The van der Waals surface area contributed by atoms with Crippen LogP contribution in [-0.2, 0) is 0 Å². The van der Waals surface area contributed by atoms with E-state index in [1.807, 2.05) is 13.8 Å². The highest BCUT2D eigenvalue weighted by Gasteiger charge is 2.20. The smallest absolute Gasteiger partial charge is 0.255 e. The van der Waals surface area contributed by atoms with E-state index < -0.39 is 0 Å². The van der Waals surface area contributed by atoms with Crippen LogP contribution in [0.3, 0.4) is 0 Å². The summed E-state index contributed by atoms with van der Waals surface area (Å²) in [5.41, 5.74) is 1.99. The number of aromatic amines is 1. The van der Waals surface area contributed by atoms with E-state index in [0.29, 0.717) is 11.3 Å². The molecule has 1 heterocycles. The maximum atomic E-state index is 11.9. The van der Waals surface area contributed by atoms with Crippen molar-refractivity contribution in [1.82, 2.24) is 15.5 Å². The average molecular weight is 225 g/mol. The Balaban J connectivity index is 2.80. The molecule has 0 fully saturated rings. The number of nitrogens with one attached hydrogen (secondary N) is 2. The van der Waals surface area contributed by atoms with Crippen molar-refractivity contribution < 1.29 is 9.90 Å². The van der Waals surface area contributed by atoms with Crippen LogP contribution in [0, 0.1) is 19.8 Å². The molecule has 1 rings (SSSR count). The summed E-state index contributed by atoms with van der Waals surface area (Å²) in [5, 5.41) is 18.7. The molecule has 0 aliphatic carbocycles. The molecule has 90 valence electrons. The van der Waals surface area contributed by atoms with Gasteiger partial charge in [0.15, 0.2) is 0 Å². The molecule has 5 nitrogen and oxygen atoms in total. The predicted octanol–water partition coefficient (Wildman–Crippen LogP) is 0.773. The first-order chi connectivity index (χ1) is 7.47. The summed E-state index contributed by atoms with van der Waals surface area (Å²) >= 11 is 0. The average Bonchev–Trinajstić information content (AvgIpc) is 2.54. The first-order valence-corrected chi connectivity index (χ1v) is 5.40. The lowest BCUT2D eigenvalue weighted by molar-refractivity contribution is 0.0895. The van der Waals surface area contributed by atoms with Crippen LogP contribution in [-0.4, -0.2) is 33.9 Å². The number of carbonyl (C=O) groups is 1. The first kappa shape index (κ1) is 12.7. The molecule has 0 radical (unpaired) electrons. The summed E-state index contributed by atoms with van der Waals surface area (Å²) in [6.45, 7) is 7.44. The number of hydrogen-bond donors (Lipinski definition) is 3. The van der Waals surface area contributed by atoms with Crippen molar-refractivity contribution in [3.8, 4) is 0 Å². The van der Waals surface area contributed by atoms with Crippen molar-refractivity contribution >= 4 is 5.91 Å². The topological polar surface area (TPSA) is 78.0 Å². The molecule has 16 heavy (non-hydrogen) atoms. The van der Waals surface area contributed by atoms with Gasteiger partial charge >= 0.3 is 0 Å². The lowest BCUT2D eigenvalue weighted by Crippen LogP contribution is -2.41. The molecule has 0 bridgehead atoms. The van der Waals surface area contributed by atoms with Gasteiger partial charge in [-0.2, -0.15) is 5.10 Å². The fourth-order valence-corrected chi connectivity index (χ4v) is 1.55. The van der Waals surface area contributed by atoms with Crippen molar-refractivity contribution in [3.63, 3.8) is 0 Å². The number of amides is 1. The largest absolute Gasteiger partial charge is 0.394 e. The summed E-state index contributed by atoms with van der Waals surface area (Å²) in [5.74, 6) is 0.0120. The third kappa shape index (κ3) is 2.61. The zero-order chi connectivity index (χ0) is 12.3. The Bertz CT molecular complexity index is 352. The first-order valence-electron chi connectivity index (χ1n) is 5.40. The molecule has 0 aliphatic rings. The number of hydrogen-bond acceptors (Lipinski definition) is 3. The number of aromatic nitrogens is 2. The number of aliphatic hydroxyl groups excluding tert-OH is 1. The number of aliphatic hydroxyl groups is 1. The van der Waals surface area contributed by atoms with Gasteiger partial charge in [0.1, 0.15) is 0 Å². The van der Waals surface area contributed by atoms with E-state index in [9.17, 15) is 4.79 Å². The Morgan fingerprint density at radius 3 is 2.50 bits per heavy atom. The Hall–Kier alpha value is -1.36. The molecule has 1 aromatic heterocycles. The lowest BCUT2D eigenvalue weighted by atomic mass is 10.0.